The molecular weight excluding hydrogens is 394 g/mol. The van der Waals surface area contributed by atoms with Crippen molar-refractivity contribution in [1.82, 2.24) is 0 Å². The summed E-state index contributed by atoms with van der Waals surface area (Å²) in [5, 5.41) is 6.80. The molecule has 0 atom stereocenters. The van der Waals surface area contributed by atoms with Crippen LogP contribution in [-0.2, 0) is 0 Å². The van der Waals surface area contributed by atoms with Crippen LogP contribution in [0.4, 0.5) is 26.3 Å². The summed E-state index contributed by atoms with van der Waals surface area (Å²) in [6.07, 6.45) is 1.51. The Hall–Kier alpha value is -2.41. The van der Waals surface area contributed by atoms with Crippen molar-refractivity contribution in [2.75, 3.05) is 0 Å². The van der Waals surface area contributed by atoms with Crippen LogP contribution in [-0.4, -0.2) is 22.9 Å². The predicted molar refractivity (Wildman–Crippen MR) is 91.3 cm³/mol. The van der Waals surface area contributed by atoms with Crippen LogP contribution in [0.25, 0.3) is 6.08 Å². The first-order valence-electron chi connectivity index (χ1n) is 7.53. The number of rotatable bonds is 2. The maximum atomic E-state index is 13.4. The lowest BCUT2D eigenvalue weighted by atomic mass is 10.1. The van der Waals surface area contributed by atoms with Crippen molar-refractivity contribution in [2.45, 2.75) is 17.8 Å². The van der Waals surface area contributed by atoms with E-state index < -0.39 is 28.4 Å². The van der Waals surface area contributed by atoms with Crippen LogP contribution in [0.15, 0.2) is 77.3 Å². The minimum Gasteiger partial charge on any atom is -0.508 e. The molecular formula is C19H13ClF6O. The number of aromatic hydroxyl groups is 1. The quantitative estimate of drug-likeness (QED) is 0.564. The molecule has 1 aliphatic rings. The maximum absolute atomic E-state index is 13.4. The average molecular weight is 407 g/mol. The summed E-state index contributed by atoms with van der Waals surface area (Å²) in [7, 11) is 0. The van der Waals surface area contributed by atoms with Crippen molar-refractivity contribution >= 4 is 17.7 Å². The van der Waals surface area contributed by atoms with Gasteiger partial charge in [0.15, 0.2) is 0 Å². The summed E-state index contributed by atoms with van der Waals surface area (Å²) < 4.78 is 79.2. The van der Waals surface area contributed by atoms with Gasteiger partial charge in [0, 0.05) is 5.57 Å². The fraction of sp³-hybridized carbons (Fsp3) is 0.158. The number of hydrogen-bond donors (Lipinski definition) is 1. The highest BCUT2D eigenvalue weighted by atomic mass is 35.5. The summed E-state index contributed by atoms with van der Waals surface area (Å²) in [6, 6.07) is 16.5. The molecule has 1 aliphatic carbocycles. The number of alkyl halides is 6. The highest BCUT2D eigenvalue weighted by molar-refractivity contribution is 6.31. The predicted octanol–water partition coefficient (Wildman–Crippen LogP) is 6.50. The van der Waals surface area contributed by atoms with Gasteiger partial charge in [-0.1, -0.05) is 72.3 Å². The van der Waals surface area contributed by atoms with E-state index in [4.69, 9.17) is 16.7 Å². The maximum Gasteiger partial charge on any atom is 0.381 e. The molecule has 0 unspecified atom stereocenters. The fourth-order valence-corrected chi connectivity index (χ4v) is 2.46. The first-order chi connectivity index (χ1) is 12.5. The third kappa shape index (κ3) is 3.98. The van der Waals surface area contributed by atoms with E-state index in [1.165, 1.54) is 12.1 Å². The van der Waals surface area contributed by atoms with Crippen LogP contribution in [0.1, 0.15) is 5.56 Å². The molecule has 27 heavy (non-hydrogen) atoms. The van der Waals surface area contributed by atoms with E-state index in [9.17, 15) is 26.3 Å². The van der Waals surface area contributed by atoms with Gasteiger partial charge < -0.3 is 5.11 Å². The molecule has 8 heteroatoms. The van der Waals surface area contributed by atoms with Gasteiger partial charge in [0.25, 0.3) is 0 Å². The number of benzene rings is 2. The summed E-state index contributed by atoms with van der Waals surface area (Å²) >= 11 is 5.02. The van der Waals surface area contributed by atoms with Crippen LogP contribution in [0.2, 0.25) is 0 Å². The molecule has 0 radical (unpaired) electrons. The summed E-state index contributed by atoms with van der Waals surface area (Å²) in [4.78, 5) is 0. The second kappa shape index (κ2) is 7.68. The van der Waals surface area contributed by atoms with Crippen LogP contribution in [0.3, 0.4) is 0 Å². The molecule has 0 bridgehead atoms. The van der Waals surface area contributed by atoms with E-state index in [0.717, 1.165) is 6.08 Å². The number of para-hydroxylation sites is 1. The second-order valence-electron chi connectivity index (χ2n) is 5.53. The zero-order valence-electron chi connectivity index (χ0n) is 13.5. The zero-order valence-corrected chi connectivity index (χ0v) is 14.3. The van der Waals surface area contributed by atoms with E-state index in [1.807, 2.05) is 6.07 Å². The van der Waals surface area contributed by atoms with Gasteiger partial charge in [-0.2, -0.15) is 26.3 Å². The SMILES string of the molecule is FC1(F)C(Cl)=C(C=Cc2ccccc2)C(F)(F)C1(F)F.Oc1ccccc1. The smallest absolute Gasteiger partial charge is 0.381 e. The standard InChI is InChI=1S/C13H7ClF6.C6H6O/c14-10-9(7-6-8-4-2-1-3-5-8)11(15,16)13(19,20)12(10,17)18;7-6-4-2-1-3-5-6/h1-7H;1-5,7H. The first-order valence-corrected chi connectivity index (χ1v) is 7.91. The van der Waals surface area contributed by atoms with Crippen molar-refractivity contribution in [3.8, 4) is 5.75 Å². The van der Waals surface area contributed by atoms with Crippen molar-refractivity contribution in [3.05, 3.63) is 82.9 Å². The molecule has 0 spiro atoms. The van der Waals surface area contributed by atoms with Crippen LogP contribution in [0, 0.1) is 0 Å². The van der Waals surface area contributed by atoms with E-state index in [1.54, 1.807) is 42.5 Å². The number of halogens is 7. The summed E-state index contributed by atoms with van der Waals surface area (Å²) in [6.45, 7) is 0. The molecule has 0 aromatic heterocycles. The monoisotopic (exact) mass is 406 g/mol. The molecule has 0 aliphatic heterocycles. The normalized spacial score (nSPS) is 19.7. The molecule has 144 valence electrons. The lowest BCUT2D eigenvalue weighted by Gasteiger charge is -2.24. The van der Waals surface area contributed by atoms with Crippen molar-refractivity contribution in [2.24, 2.45) is 0 Å². The van der Waals surface area contributed by atoms with Gasteiger partial charge in [0.2, 0.25) is 0 Å². The number of allylic oxidation sites excluding steroid dienone is 3. The minimum atomic E-state index is -5.55. The third-order valence-electron chi connectivity index (χ3n) is 3.64. The molecule has 1 N–H and O–H groups in total. The van der Waals surface area contributed by atoms with Crippen LogP contribution >= 0.6 is 11.6 Å². The van der Waals surface area contributed by atoms with Crippen molar-refractivity contribution < 1.29 is 31.4 Å². The van der Waals surface area contributed by atoms with E-state index in [0.29, 0.717) is 17.4 Å². The Morgan fingerprint density at radius 2 is 1.19 bits per heavy atom. The molecule has 0 saturated carbocycles. The van der Waals surface area contributed by atoms with E-state index in [2.05, 4.69) is 0 Å². The van der Waals surface area contributed by atoms with Crippen LogP contribution < -0.4 is 0 Å². The van der Waals surface area contributed by atoms with E-state index in [-0.39, 0.29) is 0 Å². The molecule has 1 nitrogen and oxygen atoms in total. The summed E-state index contributed by atoms with van der Waals surface area (Å²) in [5.41, 5.74) is -1.18. The van der Waals surface area contributed by atoms with Gasteiger partial charge in [-0.15, -0.1) is 0 Å². The molecule has 2 aromatic rings. The highest BCUT2D eigenvalue weighted by Gasteiger charge is 2.79. The Kier molecular flexibility index (Phi) is 5.94. The number of phenols is 1. The summed E-state index contributed by atoms with van der Waals surface area (Å²) in [5.74, 6) is -15.3. The second-order valence-corrected chi connectivity index (χ2v) is 5.91. The lowest BCUT2D eigenvalue weighted by Crippen LogP contribution is -2.48. The largest absolute Gasteiger partial charge is 0.508 e. The van der Waals surface area contributed by atoms with Gasteiger partial charge in [0.05, 0.1) is 0 Å². The van der Waals surface area contributed by atoms with Gasteiger partial charge in [0.1, 0.15) is 10.8 Å². The minimum absolute atomic E-state index is 0.322. The lowest BCUT2D eigenvalue weighted by molar-refractivity contribution is -0.262. The molecule has 0 fully saturated rings. The van der Waals surface area contributed by atoms with Crippen LogP contribution in [0.5, 0.6) is 5.75 Å². The first kappa shape index (κ1) is 20.9. The molecule has 0 saturated heterocycles. The Bertz CT molecular complexity index is 832. The Morgan fingerprint density at radius 1 is 0.704 bits per heavy atom. The average Bonchev–Trinajstić information content (AvgIpc) is 2.71. The number of hydrogen-bond acceptors (Lipinski definition) is 1. The highest BCUT2D eigenvalue weighted by Crippen LogP contribution is 2.60. The van der Waals surface area contributed by atoms with Gasteiger partial charge >= 0.3 is 17.8 Å². The Balaban J connectivity index is 0.000000313. The third-order valence-corrected chi connectivity index (χ3v) is 4.08. The molecule has 0 heterocycles. The number of phenolic OH excluding ortho intramolecular Hbond substituents is 1. The molecule has 2 aromatic carbocycles. The fourth-order valence-electron chi connectivity index (χ4n) is 2.16. The van der Waals surface area contributed by atoms with Gasteiger partial charge in [-0.05, 0) is 17.7 Å². The Morgan fingerprint density at radius 3 is 1.56 bits per heavy atom. The van der Waals surface area contributed by atoms with Gasteiger partial charge in [-0.3, -0.25) is 0 Å². The molecule has 3 rings (SSSR count). The van der Waals surface area contributed by atoms with E-state index >= 15 is 0 Å². The zero-order chi connectivity index (χ0) is 20.3. The van der Waals surface area contributed by atoms with Crippen molar-refractivity contribution in [1.29, 1.82) is 0 Å². The van der Waals surface area contributed by atoms with Gasteiger partial charge in [-0.25, -0.2) is 0 Å². The topological polar surface area (TPSA) is 20.2 Å². The van der Waals surface area contributed by atoms with Crippen molar-refractivity contribution in [3.63, 3.8) is 0 Å². The molecule has 0 amide bonds. The Labute approximate surface area is 156 Å².